The summed E-state index contributed by atoms with van der Waals surface area (Å²) in [7, 11) is -3.13. The first-order chi connectivity index (χ1) is 14.1. The zero-order valence-corrected chi connectivity index (χ0v) is 19.3. The van der Waals surface area contributed by atoms with Crippen LogP contribution in [0.3, 0.4) is 0 Å². The molecular weight excluding hydrogens is 445 g/mol. The van der Waals surface area contributed by atoms with Crippen molar-refractivity contribution in [2.24, 2.45) is 0 Å². The SMILES string of the molecule is CC(C)c1ccc(CN(C(=O)COc2ccc(Cl)cc2Cl)[C@H]2CCS(=O)(=O)C2)cc1. The number of benzene rings is 2. The minimum atomic E-state index is -3.13. The summed E-state index contributed by atoms with van der Waals surface area (Å²) in [4.78, 5) is 14.6. The maximum absolute atomic E-state index is 13.0. The summed E-state index contributed by atoms with van der Waals surface area (Å²) in [5, 5.41) is 0.788. The third kappa shape index (κ3) is 5.90. The van der Waals surface area contributed by atoms with E-state index >= 15 is 0 Å². The number of sulfone groups is 1. The average molecular weight is 470 g/mol. The molecule has 30 heavy (non-hydrogen) atoms. The zero-order chi connectivity index (χ0) is 21.9. The lowest BCUT2D eigenvalue weighted by molar-refractivity contribution is -0.136. The quantitative estimate of drug-likeness (QED) is 0.588. The highest BCUT2D eigenvalue weighted by molar-refractivity contribution is 7.91. The van der Waals surface area contributed by atoms with Gasteiger partial charge in [0.15, 0.2) is 16.4 Å². The van der Waals surface area contributed by atoms with Crippen LogP contribution in [0, 0.1) is 0 Å². The molecule has 2 aromatic carbocycles. The Morgan fingerprint density at radius 3 is 2.43 bits per heavy atom. The van der Waals surface area contributed by atoms with Crippen molar-refractivity contribution in [3.05, 3.63) is 63.6 Å². The van der Waals surface area contributed by atoms with Crippen LogP contribution in [0.4, 0.5) is 0 Å². The van der Waals surface area contributed by atoms with Gasteiger partial charge in [-0.1, -0.05) is 61.3 Å². The van der Waals surface area contributed by atoms with Gasteiger partial charge in [0.1, 0.15) is 5.75 Å². The van der Waals surface area contributed by atoms with Crippen molar-refractivity contribution in [3.8, 4) is 5.75 Å². The number of hydrogen-bond donors (Lipinski definition) is 0. The minimum Gasteiger partial charge on any atom is -0.482 e. The van der Waals surface area contributed by atoms with Crippen molar-refractivity contribution in [1.82, 2.24) is 4.90 Å². The zero-order valence-electron chi connectivity index (χ0n) is 17.0. The van der Waals surface area contributed by atoms with E-state index in [1.807, 2.05) is 24.3 Å². The topological polar surface area (TPSA) is 63.7 Å². The van der Waals surface area contributed by atoms with Crippen LogP contribution in [-0.2, 0) is 21.2 Å². The minimum absolute atomic E-state index is 0.0233. The monoisotopic (exact) mass is 469 g/mol. The van der Waals surface area contributed by atoms with E-state index in [4.69, 9.17) is 27.9 Å². The smallest absolute Gasteiger partial charge is 0.261 e. The van der Waals surface area contributed by atoms with Gasteiger partial charge in [0.05, 0.1) is 16.5 Å². The standard InChI is InChI=1S/C22H25Cl2NO4S/c1-15(2)17-5-3-16(4-6-17)12-25(19-9-10-30(27,28)14-19)22(26)13-29-21-8-7-18(23)11-20(21)24/h3-8,11,15,19H,9-10,12-14H2,1-2H3/t19-/m0/s1. The molecule has 1 atom stereocenters. The van der Waals surface area contributed by atoms with Crippen LogP contribution in [0.5, 0.6) is 5.75 Å². The lowest BCUT2D eigenvalue weighted by atomic mass is 10.0. The van der Waals surface area contributed by atoms with Crippen molar-refractivity contribution in [2.45, 2.75) is 38.8 Å². The van der Waals surface area contributed by atoms with Crippen molar-refractivity contribution >= 4 is 38.9 Å². The average Bonchev–Trinajstić information content (AvgIpc) is 3.05. The number of carbonyl (C=O) groups excluding carboxylic acids is 1. The van der Waals surface area contributed by atoms with Crippen LogP contribution in [0.15, 0.2) is 42.5 Å². The van der Waals surface area contributed by atoms with Crippen molar-refractivity contribution in [1.29, 1.82) is 0 Å². The van der Waals surface area contributed by atoms with Crippen molar-refractivity contribution in [2.75, 3.05) is 18.1 Å². The first kappa shape index (κ1) is 22.9. The third-order valence-corrected chi connectivity index (χ3v) is 7.49. The summed E-state index contributed by atoms with van der Waals surface area (Å²) in [5.41, 5.74) is 2.15. The van der Waals surface area contributed by atoms with E-state index < -0.39 is 9.84 Å². The molecule has 0 radical (unpaired) electrons. The van der Waals surface area contributed by atoms with Crippen LogP contribution >= 0.6 is 23.2 Å². The highest BCUT2D eigenvalue weighted by Gasteiger charge is 2.34. The highest BCUT2D eigenvalue weighted by Crippen LogP contribution is 2.28. The van der Waals surface area contributed by atoms with E-state index in [-0.39, 0.29) is 30.1 Å². The molecule has 0 spiro atoms. The Morgan fingerprint density at radius 2 is 1.87 bits per heavy atom. The largest absolute Gasteiger partial charge is 0.482 e. The fraction of sp³-hybridized carbons (Fsp3) is 0.409. The van der Waals surface area contributed by atoms with E-state index in [0.29, 0.717) is 34.7 Å². The van der Waals surface area contributed by atoms with E-state index in [9.17, 15) is 13.2 Å². The molecule has 2 aromatic rings. The highest BCUT2D eigenvalue weighted by atomic mass is 35.5. The molecule has 0 unspecified atom stereocenters. The van der Waals surface area contributed by atoms with Gasteiger partial charge in [0.2, 0.25) is 0 Å². The first-order valence-corrected chi connectivity index (χ1v) is 12.4. The molecule has 1 aliphatic heterocycles. The second-order valence-electron chi connectivity index (χ2n) is 7.84. The Labute approximate surface area is 187 Å². The lowest BCUT2D eigenvalue weighted by Crippen LogP contribution is -2.43. The summed E-state index contributed by atoms with van der Waals surface area (Å²) in [6, 6.07) is 12.5. The number of amides is 1. The Bertz CT molecular complexity index is 1010. The van der Waals surface area contributed by atoms with E-state index in [0.717, 1.165) is 5.56 Å². The maximum atomic E-state index is 13.0. The van der Waals surface area contributed by atoms with E-state index in [1.54, 1.807) is 23.1 Å². The first-order valence-electron chi connectivity index (χ1n) is 9.81. The maximum Gasteiger partial charge on any atom is 0.261 e. The van der Waals surface area contributed by atoms with E-state index in [2.05, 4.69) is 13.8 Å². The second kappa shape index (κ2) is 9.58. The van der Waals surface area contributed by atoms with Gasteiger partial charge < -0.3 is 9.64 Å². The summed E-state index contributed by atoms with van der Waals surface area (Å²) >= 11 is 12.0. The van der Waals surface area contributed by atoms with Gasteiger partial charge in [-0.15, -0.1) is 0 Å². The fourth-order valence-electron chi connectivity index (χ4n) is 3.46. The van der Waals surface area contributed by atoms with Gasteiger partial charge in [-0.05, 0) is 41.7 Å². The molecule has 1 heterocycles. The molecule has 8 heteroatoms. The predicted molar refractivity (Wildman–Crippen MR) is 120 cm³/mol. The molecule has 1 saturated heterocycles. The molecule has 0 bridgehead atoms. The molecule has 5 nitrogen and oxygen atoms in total. The molecule has 0 saturated carbocycles. The summed E-state index contributed by atoms with van der Waals surface area (Å²) in [6.45, 7) is 4.33. The predicted octanol–water partition coefficient (Wildman–Crippen LogP) is 4.71. The molecular formula is C22H25Cl2NO4S. The van der Waals surface area contributed by atoms with Gasteiger partial charge in [0.25, 0.3) is 5.91 Å². The van der Waals surface area contributed by atoms with Crippen molar-refractivity contribution in [3.63, 3.8) is 0 Å². The third-order valence-electron chi connectivity index (χ3n) is 5.21. The number of rotatable bonds is 7. The van der Waals surface area contributed by atoms with Gasteiger partial charge in [-0.25, -0.2) is 8.42 Å². The second-order valence-corrected chi connectivity index (χ2v) is 10.9. The Kier molecular flexibility index (Phi) is 7.32. The molecule has 1 amide bonds. The molecule has 0 N–H and O–H groups in total. The van der Waals surface area contributed by atoms with Crippen LogP contribution in [-0.4, -0.2) is 43.4 Å². The molecule has 3 rings (SSSR count). The number of nitrogens with zero attached hydrogens (tertiary/aromatic N) is 1. The van der Waals surface area contributed by atoms with Gasteiger partial charge in [-0.3, -0.25) is 4.79 Å². The van der Waals surface area contributed by atoms with Crippen molar-refractivity contribution < 1.29 is 17.9 Å². The van der Waals surface area contributed by atoms with Crippen LogP contribution < -0.4 is 4.74 Å². The Balaban J connectivity index is 1.75. The molecule has 0 aliphatic carbocycles. The van der Waals surface area contributed by atoms with Crippen LogP contribution in [0.1, 0.15) is 37.3 Å². The van der Waals surface area contributed by atoms with E-state index in [1.165, 1.54) is 5.56 Å². The van der Waals surface area contributed by atoms with Crippen LogP contribution in [0.25, 0.3) is 0 Å². The molecule has 162 valence electrons. The number of halogens is 2. The number of carbonyl (C=O) groups is 1. The molecule has 0 aromatic heterocycles. The molecule has 1 aliphatic rings. The Morgan fingerprint density at radius 1 is 1.17 bits per heavy atom. The number of hydrogen-bond acceptors (Lipinski definition) is 4. The molecule has 1 fully saturated rings. The fourth-order valence-corrected chi connectivity index (χ4v) is 5.66. The van der Waals surface area contributed by atoms with Gasteiger partial charge in [-0.2, -0.15) is 0 Å². The Hall–Kier alpha value is -1.76. The lowest BCUT2D eigenvalue weighted by Gasteiger charge is -2.28. The summed E-state index contributed by atoms with van der Waals surface area (Å²) in [6.07, 6.45) is 0.430. The van der Waals surface area contributed by atoms with Gasteiger partial charge >= 0.3 is 0 Å². The van der Waals surface area contributed by atoms with Crippen LogP contribution in [0.2, 0.25) is 10.0 Å². The van der Waals surface area contributed by atoms with Gasteiger partial charge in [0, 0.05) is 17.6 Å². The normalized spacial score (nSPS) is 17.8. The number of ether oxygens (including phenoxy) is 1. The summed E-state index contributed by atoms with van der Waals surface area (Å²) in [5.74, 6) is 0.558. The summed E-state index contributed by atoms with van der Waals surface area (Å²) < 4.78 is 29.6.